The number of carbonyl (C=O) groups excluding carboxylic acids is 1. The molecule has 1 amide bonds. The van der Waals surface area contributed by atoms with Crippen molar-refractivity contribution in [2.75, 3.05) is 24.3 Å². The number of anilines is 2. The maximum Gasteiger partial charge on any atom is 0.329 e. The molecule has 10 nitrogen and oxygen atoms in total. The molecule has 3 rings (SSSR count). The van der Waals surface area contributed by atoms with Crippen LogP contribution >= 0.6 is 0 Å². The van der Waals surface area contributed by atoms with Crippen LogP contribution in [0.25, 0.3) is 0 Å². The molecule has 0 spiro atoms. The van der Waals surface area contributed by atoms with Crippen molar-refractivity contribution in [3.63, 3.8) is 0 Å². The van der Waals surface area contributed by atoms with Crippen LogP contribution in [0.2, 0.25) is 0 Å². The number of aromatic nitrogens is 2. The number of amides is 1. The number of alkyl halides is 1. The molecular formula is C18H31FN6O4. The molecule has 1 saturated heterocycles. The first-order chi connectivity index (χ1) is 13.9. The molecule has 1 aliphatic carbocycles. The third-order valence-electron chi connectivity index (χ3n) is 4.56. The number of hydrogen-bond acceptors (Lipinski definition) is 8. The number of nitrogens with zero attached hydrogens (tertiary/aromatic N) is 3. The lowest BCUT2D eigenvalue weighted by molar-refractivity contribution is -0.384. The Kier molecular flexibility index (Phi) is 10.8. The number of nitrogen functional groups attached to an aromatic ring is 1. The Balaban J connectivity index is 0.000000390. The largest absolute Gasteiger partial charge is 0.378 e. The Bertz CT molecular complexity index is 649. The topological polar surface area (TPSA) is 159 Å². The molecule has 2 fully saturated rings. The van der Waals surface area contributed by atoms with Gasteiger partial charge < -0.3 is 21.5 Å². The number of nitro groups is 1. The molecule has 5 N–H and O–H groups in total. The number of halogens is 1. The fourth-order valence-corrected chi connectivity index (χ4v) is 3.05. The van der Waals surface area contributed by atoms with E-state index in [4.69, 9.17) is 16.2 Å². The van der Waals surface area contributed by atoms with Crippen LogP contribution in [0.4, 0.5) is 21.8 Å². The maximum absolute atomic E-state index is 12.1. The third kappa shape index (κ3) is 8.55. The van der Waals surface area contributed by atoms with Crippen molar-refractivity contribution < 1.29 is 18.8 Å². The summed E-state index contributed by atoms with van der Waals surface area (Å²) in [5.41, 5.74) is 10.5. The fourth-order valence-electron chi connectivity index (χ4n) is 3.05. The molecule has 11 heteroatoms. The second-order valence-electron chi connectivity index (χ2n) is 6.63. The van der Waals surface area contributed by atoms with Crippen LogP contribution in [0.1, 0.15) is 52.4 Å². The summed E-state index contributed by atoms with van der Waals surface area (Å²) in [5, 5.41) is 13.9. The van der Waals surface area contributed by atoms with E-state index in [-0.39, 0.29) is 35.3 Å². The maximum atomic E-state index is 12.1. The summed E-state index contributed by atoms with van der Waals surface area (Å²) < 4.78 is 16.9. The predicted octanol–water partition coefficient (Wildman–Crippen LogP) is 2.58. The predicted molar refractivity (Wildman–Crippen MR) is 108 cm³/mol. The zero-order valence-electron chi connectivity index (χ0n) is 17.0. The van der Waals surface area contributed by atoms with E-state index in [1.807, 2.05) is 13.8 Å². The summed E-state index contributed by atoms with van der Waals surface area (Å²) >= 11 is 0. The van der Waals surface area contributed by atoms with Crippen LogP contribution in [0, 0.1) is 16.0 Å². The second kappa shape index (κ2) is 12.8. The summed E-state index contributed by atoms with van der Waals surface area (Å²) in [6, 6.07) is 0.0126. The van der Waals surface area contributed by atoms with Crippen molar-refractivity contribution in [1.82, 2.24) is 9.97 Å². The fraction of sp³-hybridized carbons (Fsp3) is 0.722. The highest BCUT2D eigenvalue weighted by molar-refractivity contribution is 5.76. The van der Waals surface area contributed by atoms with Gasteiger partial charge >= 0.3 is 5.69 Å². The van der Waals surface area contributed by atoms with E-state index in [0.717, 1.165) is 19.2 Å². The Hall–Kier alpha value is -2.56. The van der Waals surface area contributed by atoms with E-state index in [2.05, 4.69) is 15.3 Å². The quantitative estimate of drug-likeness (QED) is 0.500. The zero-order valence-corrected chi connectivity index (χ0v) is 17.0. The minimum Gasteiger partial charge on any atom is -0.378 e. The highest BCUT2D eigenvalue weighted by Gasteiger charge is 2.27. The van der Waals surface area contributed by atoms with Gasteiger partial charge in [-0.05, 0) is 38.5 Å². The highest BCUT2D eigenvalue weighted by atomic mass is 19.1. The Morgan fingerprint density at radius 2 is 1.97 bits per heavy atom. The highest BCUT2D eigenvalue weighted by Crippen LogP contribution is 2.29. The van der Waals surface area contributed by atoms with Crippen LogP contribution in [-0.4, -0.2) is 46.2 Å². The molecule has 1 aromatic heterocycles. The third-order valence-corrected chi connectivity index (χ3v) is 4.56. The molecule has 1 aliphatic heterocycles. The number of rotatable bonds is 4. The van der Waals surface area contributed by atoms with Crippen LogP contribution in [0.3, 0.4) is 0 Å². The number of carbonyl (C=O) groups is 1. The van der Waals surface area contributed by atoms with Crippen molar-refractivity contribution in [3.8, 4) is 0 Å². The minimum absolute atomic E-state index is 0.0126. The van der Waals surface area contributed by atoms with Crippen LogP contribution < -0.4 is 16.8 Å². The molecule has 29 heavy (non-hydrogen) atoms. The lowest BCUT2D eigenvalue weighted by Gasteiger charge is -2.27. The molecule has 0 aromatic carbocycles. The van der Waals surface area contributed by atoms with E-state index in [9.17, 15) is 19.3 Å². The molecule has 0 bridgehead atoms. The molecule has 0 radical (unpaired) electrons. The van der Waals surface area contributed by atoms with Gasteiger partial charge in [0.1, 0.15) is 12.4 Å². The summed E-state index contributed by atoms with van der Waals surface area (Å²) in [5.74, 6) is -0.312. The number of nitrogens with two attached hydrogens (primary N) is 2. The zero-order chi connectivity index (χ0) is 21.8. The number of hydrogen-bond donors (Lipinski definition) is 3. The lowest BCUT2D eigenvalue weighted by Crippen LogP contribution is -2.32. The van der Waals surface area contributed by atoms with Crippen LogP contribution in [0.5, 0.6) is 0 Å². The molecular weight excluding hydrogens is 383 g/mol. The van der Waals surface area contributed by atoms with E-state index in [1.54, 1.807) is 0 Å². The molecule has 1 aromatic rings. The van der Waals surface area contributed by atoms with Gasteiger partial charge in [-0.25, -0.2) is 9.37 Å². The smallest absolute Gasteiger partial charge is 0.329 e. The molecule has 2 heterocycles. The summed E-state index contributed by atoms with van der Waals surface area (Å²) in [6.07, 6.45) is 4.72. The van der Waals surface area contributed by atoms with Crippen molar-refractivity contribution >= 4 is 23.4 Å². The molecule has 1 atom stereocenters. The van der Waals surface area contributed by atoms with Gasteiger partial charge in [0.05, 0.1) is 11.5 Å². The van der Waals surface area contributed by atoms with E-state index in [1.165, 1.54) is 0 Å². The Labute approximate surface area is 169 Å². The number of ether oxygens (including phenoxy) is 1. The van der Waals surface area contributed by atoms with Gasteiger partial charge in [0.25, 0.3) is 0 Å². The molecule has 164 valence electrons. The monoisotopic (exact) mass is 414 g/mol. The van der Waals surface area contributed by atoms with E-state index >= 15 is 0 Å². The first kappa shape index (κ1) is 24.5. The Morgan fingerprint density at radius 1 is 1.31 bits per heavy atom. The normalized spacial score (nSPS) is 23.5. The van der Waals surface area contributed by atoms with Gasteiger partial charge in [0, 0.05) is 18.6 Å². The van der Waals surface area contributed by atoms with Crippen molar-refractivity contribution in [2.45, 2.75) is 64.6 Å². The van der Waals surface area contributed by atoms with Crippen molar-refractivity contribution in [2.24, 2.45) is 11.7 Å². The lowest BCUT2D eigenvalue weighted by atomic mass is 9.85. The second-order valence-corrected chi connectivity index (χ2v) is 6.63. The molecule has 1 saturated carbocycles. The van der Waals surface area contributed by atoms with Gasteiger partial charge in [0.15, 0.2) is 0 Å². The summed E-state index contributed by atoms with van der Waals surface area (Å²) in [7, 11) is 0. The number of nitrogens with one attached hydrogen (secondary N) is 1. The molecule has 1 unspecified atom stereocenters. The molecule has 2 aliphatic rings. The minimum atomic E-state index is -0.686. The van der Waals surface area contributed by atoms with Gasteiger partial charge in [-0.2, -0.15) is 4.98 Å². The van der Waals surface area contributed by atoms with E-state index < -0.39 is 11.1 Å². The average Bonchev–Trinajstić information content (AvgIpc) is 2.71. The van der Waals surface area contributed by atoms with Gasteiger partial charge in [-0.1, -0.05) is 13.8 Å². The van der Waals surface area contributed by atoms with Gasteiger partial charge in [-0.15, -0.1) is 0 Å². The summed E-state index contributed by atoms with van der Waals surface area (Å²) in [4.78, 5) is 28.9. The van der Waals surface area contributed by atoms with Gasteiger partial charge in [-0.3, -0.25) is 14.9 Å². The first-order valence-electron chi connectivity index (χ1n) is 9.91. The van der Waals surface area contributed by atoms with Gasteiger partial charge in [0.2, 0.25) is 17.7 Å². The first-order valence-corrected chi connectivity index (χ1v) is 9.91. The van der Waals surface area contributed by atoms with E-state index in [0.29, 0.717) is 38.7 Å². The standard InChI is InChI=1S/C11H16N6O3.C5H9FO.C2H6/c12-9(18)6-1-3-7(4-2-6)15-10-8(17(19)20)5-14-11(13)16-10;6-5-2-1-3-7-4-5;1-2/h5-7H,1-4H2,(H2,12,18)(H3,13,14,15,16);5H,1-4H2;1-2H3. The SMILES string of the molecule is CC.FC1CCCOC1.NC(=O)C1CCC(Nc2nc(N)ncc2[N+](=O)[O-])CC1. The van der Waals surface area contributed by atoms with Crippen molar-refractivity contribution in [3.05, 3.63) is 16.3 Å². The Morgan fingerprint density at radius 3 is 2.41 bits per heavy atom. The van der Waals surface area contributed by atoms with Crippen molar-refractivity contribution in [1.29, 1.82) is 0 Å². The van der Waals surface area contributed by atoms with Crippen LogP contribution in [0.15, 0.2) is 6.20 Å². The van der Waals surface area contributed by atoms with Crippen LogP contribution in [-0.2, 0) is 9.53 Å². The summed E-state index contributed by atoms with van der Waals surface area (Å²) in [6.45, 7) is 5.07. The average molecular weight is 414 g/mol. The number of primary amides is 1.